The SMILES string of the molecule is CC1CCCC1C(=O)N1CCCCC1CCl. The fourth-order valence-corrected chi connectivity index (χ4v) is 3.50. The quantitative estimate of drug-likeness (QED) is 0.683. The van der Waals surface area contributed by atoms with Gasteiger partial charge in [-0.3, -0.25) is 4.79 Å². The van der Waals surface area contributed by atoms with E-state index in [0.717, 1.165) is 25.8 Å². The summed E-state index contributed by atoms with van der Waals surface area (Å²) < 4.78 is 0. The third-order valence-electron chi connectivity index (χ3n) is 4.27. The van der Waals surface area contributed by atoms with Crippen LogP contribution in [0.1, 0.15) is 45.4 Å². The number of carbonyl (C=O) groups is 1. The highest BCUT2D eigenvalue weighted by Crippen LogP contribution is 2.34. The summed E-state index contributed by atoms with van der Waals surface area (Å²) in [6, 6.07) is 0.302. The summed E-state index contributed by atoms with van der Waals surface area (Å²) in [7, 11) is 0. The standard InChI is InChI=1S/C13H22ClNO/c1-10-5-4-7-12(10)13(16)15-8-3-2-6-11(15)9-14/h10-12H,2-9H2,1H3. The Hall–Kier alpha value is -0.240. The van der Waals surface area contributed by atoms with Crippen LogP contribution in [0.3, 0.4) is 0 Å². The van der Waals surface area contributed by atoms with Crippen LogP contribution in [0.4, 0.5) is 0 Å². The van der Waals surface area contributed by atoms with E-state index in [0.29, 0.717) is 23.7 Å². The topological polar surface area (TPSA) is 20.3 Å². The summed E-state index contributed by atoms with van der Waals surface area (Å²) in [4.78, 5) is 14.5. The van der Waals surface area contributed by atoms with Gasteiger partial charge in [0.25, 0.3) is 0 Å². The highest BCUT2D eigenvalue weighted by atomic mass is 35.5. The van der Waals surface area contributed by atoms with E-state index in [1.54, 1.807) is 0 Å². The van der Waals surface area contributed by atoms with E-state index >= 15 is 0 Å². The first kappa shape index (κ1) is 12.2. The summed E-state index contributed by atoms with van der Waals surface area (Å²) in [5.74, 6) is 1.84. The van der Waals surface area contributed by atoms with Crippen LogP contribution in [0.25, 0.3) is 0 Å². The van der Waals surface area contributed by atoms with Crippen LogP contribution >= 0.6 is 11.6 Å². The first-order valence-corrected chi connectivity index (χ1v) is 7.14. The first-order valence-electron chi connectivity index (χ1n) is 6.60. The van der Waals surface area contributed by atoms with Gasteiger partial charge in [-0.25, -0.2) is 0 Å². The Labute approximate surface area is 103 Å². The van der Waals surface area contributed by atoms with Crippen molar-refractivity contribution in [2.75, 3.05) is 12.4 Å². The van der Waals surface area contributed by atoms with Gasteiger partial charge in [-0.1, -0.05) is 13.3 Å². The number of likely N-dealkylation sites (tertiary alicyclic amines) is 1. The molecule has 0 aromatic rings. The van der Waals surface area contributed by atoms with E-state index in [4.69, 9.17) is 11.6 Å². The minimum absolute atomic E-state index is 0.281. The second-order valence-corrected chi connectivity index (χ2v) is 5.66. The molecule has 2 aliphatic rings. The summed E-state index contributed by atoms with van der Waals surface area (Å²) >= 11 is 5.97. The van der Waals surface area contributed by atoms with E-state index in [1.165, 1.54) is 19.3 Å². The minimum atomic E-state index is 0.281. The number of halogens is 1. The molecule has 16 heavy (non-hydrogen) atoms. The number of hydrogen-bond donors (Lipinski definition) is 0. The van der Waals surface area contributed by atoms with Crippen LogP contribution < -0.4 is 0 Å². The number of nitrogens with zero attached hydrogens (tertiary/aromatic N) is 1. The van der Waals surface area contributed by atoms with Crippen molar-refractivity contribution in [1.29, 1.82) is 0 Å². The Morgan fingerprint density at radius 2 is 2.06 bits per heavy atom. The van der Waals surface area contributed by atoms with Crippen LogP contribution in [0, 0.1) is 11.8 Å². The van der Waals surface area contributed by atoms with Crippen LogP contribution in [0.15, 0.2) is 0 Å². The third-order valence-corrected chi connectivity index (χ3v) is 4.62. The maximum atomic E-state index is 12.4. The average molecular weight is 244 g/mol. The molecule has 0 aromatic heterocycles. The molecule has 1 heterocycles. The molecule has 2 rings (SSSR count). The molecule has 0 aromatic carbocycles. The molecule has 1 amide bonds. The lowest BCUT2D eigenvalue weighted by Crippen LogP contribution is -2.47. The van der Waals surface area contributed by atoms with E-state index in [1.807, 2.05) is 0 Å². The third kappa shape index (κ3) is 2.37. The summed E-state index contributed by atoms with van der Waals surface area (Å²) in [5.41, 5.74) is 0. The number of alkyl halides is 1. The fourth-order valence-electron chi connectivity index (χ4n) is 3.18. The van der Waals surface area contributed by atoms with Gasteiger partial charge in [0.15, 0.2) is 0 Å². The first-order chi connectivity index (χ1) is 7.74. The van der Waals surface area contributed by atoms with Gasteiger partial charge in [-0.05, 0) is 38.0 Å². The number of hydrogen-bond acceptors (Lipinski definition) is 1. The van der Waals surface area contributed by atoms with Crippen molar-refractivity contribution < 1.29 is 4.79 Å². The van der Waals surface area contributed by atoms with Crippen molar-refractivity contribution in [3.8, 4) is 0 Å². The van der Waals surface area contributed by atoms with Gasteiger partial charge in [0, 0.05) is 24.4 Å². The molecule has 3 heteroatoms. The Morgan fingerprint density at radius 1 is 1.25 bits per heavy atom. The Balaban J connectivity index is 2.01. The second-order valence-electron chi connectivity index (χ2n) is 5.35. The van der Waals surface area contributed by atoms with Gasteiger partial charge in [0.1, 0.15) is 0 Å². The molecule has 92 valence electrons. The van der Waals surface area contributed by atoms with Crippen molar-refractivity contribution in [2.45, 2.75) is 51.5 Å². The molecule has 0 bridgehead atoms. The zero-order valence-electron chi connectivity index (χ0n) is 10.1. The predicted molar refractivity (Wildman–Crippen MR) is 66.6 cm³/mol. The largest absolute Gasteiger partial charge is 0.338 e. The van der Waals surface area contributed by atoms with Gasteiger partial charge >= 0.3 is 0 Å². The lowest BCUT2D eigenvalue weighted by molar-refractivity contribution is -0.139. The van der Waals surface area contributed by atoms with Gasteiger partial charge < -0.3 is 4.90 Å². The number of piperidine rings is 1. The molecule has 3 unspecified atom stereocenters. The van der Waals surface area contributed by atoms with Crippen LogP contribution in [0.2, 0.25) is 0 Å². The molecule has 0 spiro atoms. The number of carbonyl (C=O) groups excluding carboxylic acids is 1. The summed E-state index contributed by atoms with van der Waals surface area (Å²) in [5, 5.41) is 0. The zero-order chi connectivity index (χ0) is 11.5. The van der Waals surface area contributed by atoms with Gasteiger partial charge in [-0.2, -0.15) is 0 Å². The minimum Gasteiger partial charge on any atom is -0.338 e. The van der Waals surface area contributed by atoms with Crippen molar-refractivity contribution in [2.24, 2.45) is 11.8 Å². The zero-order valence-corrected chi connectivity index (χ0v) is 10.9. The van der Waals surface area contributed by atoms with Crippen molar-refractivity contribution >= 4 is 17.5 Å². The lowest BCUT2D eigenvalue weighted by Gasteiger charge is -2.37. The van der Waals surface area contributed by atoms with Crippen molar-refractivity contribution in [3.63, 3.8) is 0 Å². The summed E-state index contributed by atoms with van der Waals surface area (Å²) in [6.07, 6.45) is 7.00. The number of rotatable bonds is 2. The lowest BCUT2D eigenvalue weighted by atomic mass is 9.94. The van der Waals surface area contributed by atoms with Crippen LogP contribution in [-0.4, -0.2) is 29.3 Å². The molecular weight excluding hydrogens is 222 g/mol. The molecule has 0 radical (unpaired) electrons. The predicted octanol–water partition coefficient (Wildman–Crippen LogP) is 3.04. The monoisotopic (exact) mass is 243 g/mol. The van der Waals surface area contributed by atoms with E-state index in [9.17, 15) is 4.79 Å². The van der Waals surface area contributed by atoms with E-state index < -0.39 is 0 Å². The van der Waals surface area contributed by atoms with Crippen LogP contribution in [0.5, 0.6) is 0 Å². The second kappa shape index (κ2) is 5.39. The number of amides is 1. The molecule has 1 saturated carbocycles. The van der Waals surface area contributed by atoms with Crippen LogP contribution in [-0.2, 0) is 4.79 Å². The molecule has 2 fully saturated rings. The molecular formula is C13H22ClNO. The van der Waals surface area contributed by atoms with Gasteiger partial charge in [0.05, 0.1) is 0 Å². The Bertz CT molecular complexity index is 256. The van der Waals surface area contributed by atoms with Gasteiger partial charge in [0.2, 0.25) is 5.91 Å². The van der Waals surface area contributed by atoms with E-state index in [-0.39, 0.29) is 5.92 Å². The van der Waals surface area contributed by atoms with Crippen molar-refractivity contribution in [1.82, 2.24) is 4.90 Å². The maximum Gasteiger partial charge on any atom is 0.226 e. The maximum absolute atomic E-state index is 12.4. The normalized spacial score (nSPS) is 35.4. The smallest absolute Gasteiger partial charge is 0.226 e. The fraction of sp³-hybridized carbons (Fsp3) is 0.923. The van der Waals surface area contributed by atoms with E-state index in [2.05, 4.69) is 11.8 Å². The molecule has 2 nitrogen and oxygen atoms in total. The molecule has 3 atom stereocenters. The Kier molecular flexibility index (Phi) is 4.12. The molecule has 1 aliphatic heterocycles. The van der Waals surface area contributed by atoms with Crippen molar-refractivity contribution in [3.05, 3.63) is 0 Å². The Morgan fingerprint density at radius 3 is 2.69 bits per heavy atom. The molecule has 0 N–H and O–H groups in total. The highest BCUT2D eigenvalue weighted by molar-refractivity contribution is 6.18. The highest BCUT2D eigenvalue weighted by Gasteiger charge is 2.35. The average Bonchev–Trinajstić information content (AvgIpc) is 2.74. The summed E-state index contributed by atoms with van der Waals surface area (Å²) in [6.45, 7) is 3.15. The molecule has 1 aliphatic carbocycles. The molecule has 1 saturated heterocycles. The van der Waals surface area contributed by atoms with Gasteiger partial charge in [-0.15, -0.1) is 11.6 Å².